The number of methoxy groups -OCH3 is 1. The topological polar surface area (TPSA) is 97.6 Å². The summed E-state index contributed by atoms with van der Waals surface area (Å²) in [7, 11) is 1.37. The molecule has 0 unspecified atom stereocenters. The van der Waals surface area contributed by atoms with Gasteiger partial charge in [0.15, 0.2) is 22.9 Å². The zero-order valence-corrected chi connectivity index (χ0v) is 15.9. The minimum Gasteiger partial charge on any atom is -0.493 e. The number of halogens is 3. The maximum absolute atomic E-state index is 12.9. The van der Waals surface area contributed by atoms with Crippen LogP contribution in [0, 0.1) is 0 Å². The zero-order valence-electron chi connectivity index (χ0n) is 15.9. The summed E-state index contributed by atoms with van der Waals surface area (Å²) in [6, 6.07) is 11.5. The molecule has 0 atom stereocenters. The Balaban J connectivity index is 1.88. The van der Waals surface area contributed by atoms with Crippen LogP contribution in [-0.2, 0) is 4.79 Å². The molecular weight excluding hydrogens is 415 g/mol. The number of nitrogens with zero attached hydrogens (tertiary/aromatic N) is 3. The van der Waals surface area contributed by atoms with Gasteiger partial charge in [-0.1, -0.05) is 6.07 Å². The van der Waals surface area contributed by atoms with E-state index in [1.807, 2.05) is 0 Å². The fourth-order valence-electron chi connectivity index (χ4n) is 2.97. The summed E-state index contributed by atoms with van der Waals surface area (Å²) in [5, 5.41) is 5.20. The number of carbonyl (C=O) groups excluding carboxylic acids is 1. The van der Waals surface area contributed by atoms with Gasteiger partial charge in [-0.2, -0.15) is 13.2 Å². The number of amides is 1. The molecule has 1 aromatic carbocycles. The quantitative estimate of drug-likeness (QED) is 0.516. The highest BCUT2D eigenvalue weighted by atomic mass is 19.4. The first-order chi connectivity index (χ1) is 14.8. The molecule has 0 radical (unpaired) electrons. The third-order valence-corrected chi connectivity index (χ3v) is 4.40. The molecule has 11 heteroatoms. The number of fused-ring (bicyclic) bond motifs is 2. The van der Waals surface area contributed by atoms with Crippen molar-refractivity contribution < 1.29 is 22.7 Å². The lowest BCUT2D eigenvalue weighted by molar-refractivity contribution is -0.167. The van der Waals surface area contributed by atoms with Gasteiger partial charge in [-0.05, 0) is 36.4 Å². The molecule has 8 nitrogen and oxygen atoms in total. The highest BCUT2D eigenvalue weighted by Gasteiger charge is 2.39. The summed E-state index contributed by atoms with van der Waals surface area (Å²) in [6.45, 7) is 0. The second-order valence-electron chi connectivity index (χ2n) is 6.40. The first kappa shape index (κ1) is 20.1. The van der Waals surface area contributed by atoms with E-state index in [4.69, 9.17) is 4.74 Å². The molecule has 0 aliphatic heterocycles. The average molecular weight is 429 g/mol. The van der Waals surface area contributed by atoms with Crippen LogP contribution in [-0.4, -0.2) is 33.6 Å². The van der Waals surface area contributed by atoms with Crippen LogP contribution in [0.1, 0.15) is 0 Å². The molecule has 0 aliphatic rings. The number of benzene rings is 1. The maximum Gasteiger partial charge on any atom is 0.471 e. The van der Waals surface area contributed by atoms with Crippen molar-refractivity contribution in [1.29, 1.82) is 0 Å². The van der Waals surface area contributed by atoms with Crippen molar-refractivity contribution in [3.05, 3.63) is 65.2 Å². The van der Waals surface area contributed by atoms with Gasteiger partial charge >= 0.3 is 12.1 Å². The summed E-state index contributed by atoms with van der Waals surface area (Å²) in [4.78, 5) is 32.9. The van der Waals surface area contributed by atoms with Crippen molar-refractivity contribution in [1.82, 2.24) is 14.4 Å². The predicted octanol–water partition coefficient (Wildman–Crippen LogP) is 3.50. The van der Waals surface area contributed by atoms with Crippen LogP contribution in [0.3, 0.4) is 0 Å². The van der Waals surface area contributed by atoms with Gasteiger partial charge in [0.1, 0.15) is 0 Å². The largest absolute Gasteiger partial charge is 0.493 e. The molecule has 31 heavy (non-hydrogen) atoms. The number of aromatic nitrogens is 3. The highest BCUT2D eigenvalue weighted by Crippen LogP contribution is 2.27. The minimum atomic E-state index is -5.19. The van der Waals surface area contributed by atoms with Crippen molar-refractivity contribution in [3.8, 4) is 5.75 Å². The summed E-state index contributed by atoms with van der Waals surface area (Å²) >= 11 is 0. The standard InChI is InChI=1S/C20H14F3N5O3/c1-31-14-5-3-9-28-17(14)27-16(15(18(28)29)26-19(30)20(21,22)23)25-12-6-7-13-11(10-12)4-2-8-24-13/h2-10,25H,1H3,(H,26,30). The molecule has 2 N–H and O–H groups in total. The van der Waals surface area contributed by atoms with Gasteiger partial charge in [0, 0.05) is 23.5 Å². The summed E-state index contributed by atoms with van der Waals surface area (Å²) < 4.78 is 44.7. The number of anilines is 3. The molecule has 0 saturated carbocycles. The Kier molecular flexibility index (Phi) is 4.93. The summed E-state index contributed by atoms with van der Waals surface area (Å²) in [5.74, 6) is -2.34. The molecule has 1 amide bonds. The maximum atomic E-state index is 12.9. The van der Waals surface area contributed by atoms with Crippen molar-refractivity contribution in [3.63, 3.8) is 0 Å². The number of rotatable bonds is 4. The Morgan fingerprint density at radius 1 is 1.16 bits per heavy atom. The fourth-order valence-corrected chi connectivity index (χ4v) is 2.97. The van der Waals surface area contributed by atoms with Gasteiger partial charge in [-0.3, -0.25) is 19.0 Å². The van der Waals surface area contributed by atoms with E-state index in [9.17, 15) is 22.8 Å². The number of hydrogen-bond donors (Lipinski definition) is 2. The van der Waals surface area contributed by atoms with Crippen molar-refractivity contribution in [2.75, 3.05) is 17.7 Å². The van der Waals surface area contributed by atoms with Crippen LogP contribution in [0.15, 0.2) is 59.7 Å². The molecule has 4 aromatic rings. The number of hydrogen-bond acceptors (Lipinski definition) is 6. The average Bonchev–Trinajstić information content (AvgIpc) is 2.75. The molecule has 0 aliphatic carbocycles. The predicted molar refractivity (Wildman–Crippen MR) is 108 cm³/mol. The Labute approximate surface area is 172 Å². The third kappa shape index (κ3) is 3.84. The van der Waals surface area contributed by atoms with E-state index in [2.05, 4.69) is 15.3 Å². The molecule has 0 saturated heterocycles. The molecule has 3 heterocycles. The molecule has 0 fully saturated rings. The van der Waals surface area contributed by atoms with Crippen LogP contribution >= 0.6 is 0 Å². The Morgan fingerprint density at radius 3 is 2.71 bits per heavy atom. The van der Waals surface area contributed by atoms with E-state index in [1.165, 1.54) is 19.4 Å². The lowest BCUT2D eigenvalue weighted by Crippen LogP contribution is -2.33. The smallest absolute Gasteiger partial charge is 0.471 e. The highest BCUT2D eigenvalue weighted by molar-refractivity contribution is 5.98. The Bertz CT molecular complexity index is 1370. The number of alkyl halides is 3. The molecule has 0 bridgehead atoms. The Morgan fingerprint density at radius 2 is 1.97 bits per heavy atom. The van der Waals surface area contributed by atoms with Gasteiger partial charge in [-0.15, -0.1) is 0 Å². The first-order valence-electron chi connectivity index (χ1n) is 8.87. The van der Waals surface area contributed by atoms with E-state index in [0.717, 1.165) is 9.79 Å². The van der Waals surface area contributed by atoms with Crippen molar-refractivity contribution >= 4 is 39.6 Å². The van der Waals surface area contributed by atoms with Crippen molar-refractivity contribution in [2.24, 2.45) is 0 Å². The van der Waals surface area contributed by atoms with Gasteiger partial charge in [0.2, 0.25) is 0 Å². The summed E-state index contributed by atoms with van der Waals surface area (Å²) in [5.41, 5.74) is -0.378. The van der Waals surface area contributed by atoms with E-state index in [1.54, 1.807) is 47.9 Å². The second kappa shape index (κ2) is 7.59. The first-order valence-corrected chi connectivity index (χ1v) is 8.87. The lowest BCUT2D eigenvalue weighted by Gasteiger charge is -2.15. The zero-order chi connectivity index (χ0) is 22.2. The number of nitrogens with one attached hydrogen (secondary N) is 2. The number of carbonyl (C=O) groups is 1. The van der Waals surface area contributed by atoms with Crippen molar-refractivity contribution in [2.45, 2.75) is 6.18 Å². The number of pyridine rings is 2. The normalized spacial score (nSPS) is 11.5. The lowest BCUT2D eigenvalue weighted by atomic mass is 10.2. The molecule has 4 rings (SSSR count). The molecular formula is C20H14F3N5O3. The van der Waals surface area contributed by atoms with Crippen LogP contribution < -0.4 is 20.9 Å². The van der Waals surface area contributed by atoms with Gasteiger partial charge < -0.3 is 15.4 Å². The van der Waals surface area contributed by atoms with Crippen LogP contribution in [0.25, 0.3) is 16.6 Å². The monoisotopic (exact) mass is 429 g/mol. The second-order valence-corrected chi connectivity index (χ2v) is 6.40. The van der Waals surface area contributed by atoms with Gasteiger partial charge in [-0.25, -0.2) is 4.98 Å². The Hall–Kier alpha value is -4.15. The number of ether oxygens (including phenoxy) is 1. The van der Waals surface area contributed by atoms with E-state index in [-0.39, 0.29) is 17.2 Å². The molecule has 0 spiro atoms. The van der Waals surface area contributed by atoms with Crippen LogP contribution in [0.4, 0.5) is 30.4 Å². The van der Waals surface area contributed by atoms with Gasteiger partial charge in [0.25, 0.3) is 5.56 Å². The van der Waals surface area contributed by atoms with Gasteiger partial charge in [0.05, 0.1) is 12.6 Å². The SMILES string of the molecule is COc1cccn2c(=O)c(NC(=O)C(F)(F)F)c(Nc3ccc4ncccc4c3)nc12. The van der Waals surface area contributed by atoms with E-state index in [0.29, 0.717) is 11.2 Å². The summed E-state index contributed by atoms with van der Waals surface area (Å²) in [6.07, 6.45) is -2.26. The fraction of sp³-hybridized carbons (Fsp3) is 0.100. The van der Waals surface area contributed by atoms with E-state index >= 15 is 0 Å². The third-order valence-electron chi connectivity index (χ3n) is 4.40. The molecule has 158 valence electrons. The van der Waals surface area contributed by atoms with Crippen LogP contribution in [0.2, 0.25) is 0 Å². The minimum absolute atomic E-state index is 0.0602. The molecule has 3 aromatic heterocycles. The van der Waals surface area contributed by atoms with Crippen LogP contribution in [0.5, 0.6) is 5.75 Å². The van der Waals surface area contributed by atoms with E-state index < -0.39 is 23.3 Å².